The van der Waals surface area contributed by atoms with Gasteiger partial charge in [0.15, 0.2) is 6.10 Å². The van der Waals surface area contributed by atoms with Crippen molar-refractivity contribution in [3.05, 3.63) is 57.5 Å². The minimum atomic E-state index is -0.719. The van der Waals surface area contributed by atoms with Crippen molar-refractivity contribution in [3.8, 4) is 11.5 Å². The van der Waals surface area contributed by atoms with E-state index in [1.165, 1.54) is 0 Å². The SMILES string of the molecule is CCCOc1ccc(Br)cc1/C=N\NC(=O)[C@H](C)Oc1cccc(Cl)c1. The Balaban J connectivity index is 1.96. The van der Waals surface area contributed by atoms with Crippen LogP contribution in [0.15, 0.2) is 52.0 Å². The monoisotopic (exact) mass is 438 g/mol. The van der Waals surface area contributed by atoms with Gasteiger partial charge in [-0.15, -0.1) is 0 Å². The molecule has 2 aromatic rings. The van der Waals surface area contributed by atoms with Crippen molar-refractivity contribution in [2.75, 3.05) is 6.61 Å². The molecule has 0 unspecified atom stereocenters. The van der Waals surface area contributed by atoms with Gasteiger partial charge in [0, 0.05) is 15.1 Å². The number of carbonyl (C=O) groups is 1. The maximum Gasteiger partial charge on any atom is 0.280 e. The summed E-state index contributed by atoms with van der Waals surface area (Å²) < 4.78 is 12.1. The molecule has 0 saturated carbocycles. The van der Waals surface area contributed by atoms with Crippen LogP contribution in [-0.2, 0) is 4.79 Å². The number of hydrogen-bond acceptors (Lipinski definition) is 4. The van der Waals surface area contributed by atoms with Crippen molar-refractivity contribution in [3.63, 3.8) is 0 Å². The predicted molar refractivity (Wildman–Crippen MR) is 107 cm³/mol. The quantitative estimate of drug-likeness (QED) is 0.474. The van der Waals surface area contributed by atoms with Gasteiger partial charge in [-0.2, -0.15) is 5.10 Å². The number of carbonyl (C=O) groups excluding carboxylic acids is 1. The molecule has 26 heavy (non-hydrogen) atoms. The largest absolute Gasteiger partial charge is 0.493 e. The van der Waals surface area contributed by atoms with Crippen LogP contribution >= 0.6 is 27.5 Å². The third-order valence-electron chi connectivity index (χ3n) is 3.29. The molecule has 2 rings (SSSR count). The molecule has 1 amide bonds. The average molecular weight is 440 g/mol. The smallest absolute Gasteiger partial charge is 0.280 e. The first-order valence-corrected chi connectivity index (χ1v) is 9.34. The van der Waals surface area contributed by atoms with Crippen LogP contribution in [0.4, 0.5) is 0 Å². The van der Waals surface area contributed by atoms with Crippen LogP contribution < -0.4 is 14.9 Å². The van der Waals surface area contributed by atoms with E-state index >= 15 is 0 Å². The standard InChI is InChI=1S/C19H20BrClN2O3/c1-3-9-25-18-8-7-15(20)10-14(18)12-22-23-19(24)13(2)26-17-6-4-5-16(21)11-17/h4-8,10-13H,3,9H2,1-2H3,(H,23,24)/b22-12-/t13-/m0/s1. The zero-order valence-electron chi connectivity index (χ0n) is 14.5. The van der Waals surface area contributed by atoms with Crippen LogP contribution in [0.1, 0.15) is 25.8 Å². The molecular formula is C19H20BrClN2O3. The molecule has 0 aliphatic carbocycles. The van der Waals surface area contributed by atoms with E-state index in [4.69, 9.17) is 21.1 Å². The van der Waals surface area contributed by atoms with Gasteiger partial charge in [0.25, 0.3) is 5.91 Å². The lowest BCUT2D eigenvalue weighted by atomic mass is 10.2. The molecule has 138 valence electrons. The summed E-state index contributed by atoms with van der Waals surface area (Å²) in [6, 6.07) is 12.5. The molecule has 0 aliphatic heterocycles. The third-order valence-corrected chi connectivity index (χ3v) is 4.02. The second-order valence-electron chi connectivity index (χ2n) is 5.48. The minimum Gasteiger partial charge on any atom is -0.493 e. The summed E-state index contributed by atoms with van der Waals surface area (Å²) >= 11 is 9.32. The highest BCUT2D eigenvalue weighted by Crippen LogP contribution is 2.22. The number of nitrogens with zero attached hydrogens (tertiary/aromatic N) is 1. The number of benzene rings is 2. The number of amides is 1. The van der Waals surface area contributed by atoms with Crippen molar-refractivity contribution < 1.29 is 14.3 Å². The molecule has 1 atom stereocenters. The summed E-state index contributed by atoms with van der Waals surface area (Å²) in [7, 11) is 0. The fraction of sp³-hybridized carbons (Fsp3) is 0.263. The van der Waals surface area contributed by atoms with Crippen LogP contribution in [0, 0.1) is 0 Å². The van der Waals surface area contributed by atoms with Crippen molar-refractivity contribution in [2.24, 2.45) is 5.10 Å². The summed E-state index contributed by atoms with van der Waals surface area (Å²) in [5.41, 5.74) is 3.23. The van der Waals surface area contributed by atoms with E-state index < -0.39 is 6.10 Å². The van der Waals surface area contributed by atoms with E-state index in [1.54, 1.807) is 37.4 Å². The van der Waals surface area contributed by atoms with Gasteiger partial charge in [0.1, 0.15) is 11.5 Å². The number of hydrazone groups is 1. The van der Waals surface area contributed by atoms with Gasteiger partial charge in [0.2, 0.25) is 0 Å². The summed E-state index contributed by atoms with van der Waals surface area (Å²) in [6.45, 7) is 4.29. The lowest BCUT2D eigenvalue weighted by molar-refractivity contribution is -0.127. The Kier molecular flexibility index (Phi) is 7.94. The number of rotatable bonds is 8. The van der Waals surface area contributed by atoms with E-state index in [0.29, 0.717) is 23.1 Å². The zero-order valence-corrected chi connectivity index (χ0v) is 16.9. The molecule has 0 spiro atoms. The molecule has 0 aliphatic rings. The topological polar surface area (TPSA) is 59.9 Å². The highest BCUT2D eigenvalue weighted by Gasteiger charge is 2.14. The number of halogens is 2. The van der Waals surface area contributed by atoms with E-state index in [1.807, 2.05) is 25.1 Å². The Morgan fingerprint density at radius 2 is 2.15 bits per heavy atom. The van der Waals surface area contributed by atoms with E-state index in [0.717, 1.165) is 16.5 Å². The zero-order chi connectivity index (χ0) is 18.9. The highest BCUT2D eigenvalue weighted by molar-refractivity contribution is 9.10. The van der Waals surface area contributed by atoms with Crippen LogP contribution in [0.2, 0.25) is 5.02 Å². The van der Waals surface area contributed by atoms with Crippen molar-refractivity contribution in [1.29, 1.82) is 0 Å². The number of nitrogens with one attached hydrogen (secondary N) is 1. The average Bonchev–Trinajstić information content (AvgIpc) is 2.61. The highest BCUT2D eigenvalue weighted by atomic mass is 79.9. The molecule has 0 heterocycles. The fourth-order valence-corrected chi connectivity index (χ4v) is 2.58. The van der Waals surface area contributed by atoms with E-state index in [2.05, 4.69) is 26.5 Å². The molecule has 7 heteroatoms. The molecule has 1 N–H and O–H groups in total. The summed E-state index contributed by atoms with van der Waals surface area (Å²) in [4.78, 5) is 12.1. The number of ether oxygens (including phenoxy) is 2. The van der Waals surface area contributed by atoms with Crippen LogP contribution in [-0.4, -0.2) is 24.8 Å². The van der Waals surface area contributed by atoms with Crippen molar-refractivity contribution >= 4 is 39.7 Å². The molecule has 5 nitrogen and oxygen atoms in total. The van der Waals surface area contributed by atoms with Crippen LogP contribution in [0.3, 0.4) is 0 Å². The lowest BCUT2D eigenvalue weighted by Gasteiger charge is -2.13. The normalized spacial score (nSPS) is 12.0. The van der Waals surface area contributed by atoms with Gasteiger partial charge in [-0.25, -0.2) is 5.43 Å². The Morgan fingerprint density at radius 1 is 1.35 bits per heavy atom. The van der Waals surface area contributed by atoms with Crippen LogP contribution in [0.5, 0.6) is 11.5 Å². The predicted octanol–water partition coefficient (Wildman–Crippen LogP) is 4.81. The van der Waals surface area contributed by atoms with Gasteiger partial charge in [-0.1, -0.05) is 40.5 Å². The summed E-state index contributed by atoms with van der Waals surface area (Å²) in [6.07, 6.45) is 1.73. The molecule has 0 aromatic heterocycles. The second-order valence-corrected chi connectivity index (χ2v) is 6.83. The number of hydrogen-bond donors (Lipinski definition) is 1. The Morgan fingerprint density at radius 3 is 2.88 bits per heavy atom. The molecule has 2 aromatic carbocycles. The van der Waals surface area contributed by atoms with Crippen molar-refractivity contribution in [2.45, 2.75) is 26.4 Å². The van der Waals surface area contributed by atoms with Gasteiger partial charge in [-0.3, -0.25) is 4.79 Å². The molecule has 0 fully saturated rings. The van der Waals surface area contributed by atoms with Crippen LogP contribution in [0.25, 0.3) is 0 Å². The summed E-state index contributed by atoms with van der Waals surface area (Å²) in [5.74, 6) is 0.856. The first-order chi connectivity index (χ1) is 12.5. The molecule has 0 bridgehead atoms. The van der Waals surface area contributed by atoms with Gasteiger partial charge >= 0.3 is 0 Å². The van der Waals surface area contributed by atoms with Crippen molar-refractivity contribution in [1.82, 2.24) is 5.43 Å². The molecule has 0 saturated heterocycles. The molecular weight excluding hydrogens is 420 g/mol. The van der Waals surface area contributed by atoms with E-state index in [-0.39, 0.29) is 5.91 Å². The molecule has 0 radical (unpaired) electrons. The second kappa shape index (κ2) is 10.2. The van der Waals surface area contributed by atoms with Gasteiger partial charge in [-0.05, 0) is 49.7 Å². The Bertz CT molecular complexity index is 783. The van der Waals surface area contributed by atoms with E-state index in [9.17, 15) is 4.79 Å². The maximum atomic E-state index is 12.1. The van der Waals surface area contributed by atoms with Gasteiger partial charge < -0.3 is 9.47 Å². The fourth-order valence-electron chi connectivity index (χ4n) is 2.02. The first kappa shape index (κ1) is 20.3. The Labute approximate surface area is 166 Å². The van der Waals surface area contributed by atoms with Gasteiger partial charge in [0.05, 0.1) is 12.8 Å². The summed E-state index contributed by atoms with van der Waals surface area (Å²) in [5, 5.41) is 4.54. The Hall–Kier alpha value is -2.05. The first-order valence-electron chi connectivity index (χ1n) is 8.17. The minimum absolute atomic E-state index is 0.368. The lowest BCUT2D eigenvalue weighted by Crippen LogP contribution is -2.33. The third kappa shape index (κ3) is 6.35. The maximum absolute atomic E-state index is 12.1.